The zero-order valence-electron chi connectivity index (χ0n) is 19.1. The number of fused-ring (bicyclic) bond motifs is 1. The summed E-state index contributed by atoms with van der Waals surface area (Å²) in [7, 11) is 0. The van der Waals surface area contributed by atoms with E-state index in [1.807, 2.05) is 30.7 Å². The van der Waals surface area contributed by atoms with Crippen molar-refractivity contribution in [1.82, 2.24) is 4.57 Å². The fraction of sp³-hybridized carbons (Fsp3) is 0.385. The number of aromatic nitrogens is 1. The van der Waals surface area contributed by atoms with Gasteiger partial charge in [0.05, 0.1) is 10.6 Å². The van der Waals surface area contributed by atoms with Crippen molar-refractivity contribution >= 4 is 34.2 Å². The fourth-order valence-corrected chi connectivity index (χ4v) is 5.98. The highest BCUT2D eigenvalue weighted by atomic mass is 35.5. The van der Waals surface area contributed by atoms with Gasteiger partial charge in [0.2, 0.25) is 0 Å². The Morgan fingerprint density at radius 3 is 2.69 bits per heavy atom. The smallest absolute Gasteiger partial charge is 0.141 e. The highest BCUT2D eigenvalue weighted by Crippen LogP contribution is 2.45. The number of hydrogen-bond acceptors (Lipinski definition) is 3. The van der Waals surface area contributed by atoms with Crippen LogP contribution in [0.4, 0.5) is 9.39 Å². The van der Waals surface area contributed by atoms with E-state index in [9.17, 15) is 9.65 Å². The van der Waals surface area contributed by atoms with Gasteiger partial charge >= 0.3 is 0 Å². The molecule has 1 aliphatic carbocycles. The molecule has 0 unspecified atom stereocenters. The minimum absolute atomic E-state index is 0.0987. The quantitative estimate of drug-likeness (QED) is 0.363. The highest BCUT2D eigenvalue weighted by Gasteiger charge is 2.32. The zero-order valence-corrected chi connectivity index (χ0v) is 20.7. The van der Waals surface area contributed by atoms with Crippen LogP contribution in [0.3, 0.4) is 0 Å². The molecule has 1 aromatic carbocycles. The number of thiophene rings is 1. The molecule has 0 amide bonds. The van der Waals surface area contributed by atoms with Crippen LogP contribution in [0.1, 0.15) is 60.1 Å². The summed E-state index contributed by atoms with van der Waals surface area (Å²) in [6.07, 6.45) is 4.93. The molecule has 4 rings (SSSR count). The summed E-state index contributed by atoms with van der Waals surface area (Å²) >= 11 is 7.65. The van der Waals surface area contributed by atoms with Crippen molar-refractivity contribution in [2.75, 3.05) is 0 Å². The molecular formula is C26H27ClFN3S. The number of halogens is 2. The van der Waals surface area contributed by atoms with Crippen LogP contribution in [0, 0.1) is 42.3 Å². The second-order valence-corrected chi connectivity index (χ2v) is 11.1. The van der Waals surface area contributed by atoms with E-state index in [-0.39, 0.29) is 10.4 Å². The van der Waals surface area contributed by atoms with Crippen LogP contribution in [0.2, 0.25) is 5.02 Å². The fourth-order valence-electron chi connectivity index (χ4n) is 4.58. The number of nitriles is 1. The number of benzene rings is 1. The molecule has 32 heavy (non-hydrogen) atoms. The molecule has 0 bridgehead atoms. The Kier molecular flexibility index (Phi) is 6.04. The maximum atomic E-state index is 13.6. The second-order valence-electron chi connectivity index (χ2n) is 9.62. The van der Waals surface area contributed by atoms with Gasteiger partial charge in [-0.25, -0.2) is 9.38 Å². The Balaban J connectivity index is 1.67. The SMILES string of the molecule is Cc1cc(C=Nc2sc3c(c2C#N)CC[C@@H](C(C)(C)C)C3)c(C)n1-c1ccc(F)c(Cl)c1. The molecule has 3 nitrogen and oxygen atoms in total. The van der Waals surface area contributed by atoms with Gasteiger partial charge in [-0.15, -0.1) is 11.3 Å². The maximum Gasteiger partial charge on any atom is 0.141 e. The van der Waals surface area contributed by atoms with E-state index in [0.29, 0.717) is 5.92 Å². The number of rotatable bonds is 3. The summed E-state index contributed by atoms with van der Waals surface area (Å²) in [5.74, 6) is 0.192. The lowest BCUT2D eigenvalue weighted by Crippen LogP contribution is -2.26. The number of nitrogens with zero attached hydrogens (tertiary/aromatic N) is 3. The molecule has 2 heterocycles. The molecule has 0 radical (unpaired) electrons. The summed E-state index contributed by atoms with van der Waals surface area (Å²) in [4.78, 5) is 6.06. The molecule has 0 saturated heterocycles. The van der Waals surface area contributed by atoms with Gasteiger partial charge in [0.1, 0.15) is 16.9 Å². The Morgan fingerprint density at radius 1 is 1.28 bits per heavy atom. The number of aliphatic imine (C=N–C) groups is 1. The van der Waals surface area contributed by atoms with Gasteiger partial charge in [0.25, 0.3) is 0 Å². The van der Waals surface area contributed by atoms with E-state index in [0.717, 1.165) is 52.5 Å². The third-order valence-electron chi connectivity index (χ3n) is 6.54. The normalized spacial score (nSPS) is 16.4. The predicted molar refractivity (Wildman–Crippen MR) is 131 cm³/mol. The molecule has 166 valence electrons. The van der Waals surface area contributed by atoms with Crippen molar-refractivity contribution < 1.29 is 4.39 Å². The standard InChI is InChI=1S/C26H27ClFN3S/c1-15-10-17(16(2)31(15)19-7-9-23(28)22(27)12-19)14-30-25-21(13-29)20-8-6-18(26(3,4)5)11-24(20)32-25/h7,9-10,12,14,18H,6,8,11H2,1-5H3/t18-/m1/s1. The molecule has 2 aromatic heterocycles. The number of aryl methyl sites for hydroxylation is 1. The lowest BCUT2D eigenvalue weighted by molar-refractivity contribution is 0.218. The maximum absolute atomic E-state index is 13.6. The average molecular weight is 468 g/mol. The largest absolute Gasteiger partial charge is 0.318 e. The molecule has 1 aliphatic rings. The van der Waals surface area contributed by atoms with Crippen molar-refractivity contribution in [3.05, 3.63) is 68.1 Å². The molecule has 1 atom stereocenters. The first kappa shape index (κ1) is 22.8. The molecule has 0 spiro atoms. The lowest BCUT2D eigenvalue weighted by atomic mass is 9.72. The van der Waals surface area contributed by atoms with Crippen LogP contribution >= 0.6 is 22.9 Å². The van der Waals surface area contributed by atoms with Crippen LogP contribution < -0.4 is 0 Å². The summed E-state index contributed by atoms with van der Waals surface area (Å²) in [6, 6.07) is 9.18. The third kappa shape index (κ3) is 4.14. The first-order chi connectivity index (χ1) is 15.1. The van der Waals surface area contributed by atoms with Gasteiger partial charge in [0, 0.05) is 33.7 Å². The van der Waals surface area contributed by atoms with Crippen LogP contribution in [0.15, 0.2) is 29.3 Å². The van der Waals surface area contributed by atoms with E-state index < -0.39 is 5.82 Å². The van der Waals surface area contributed by atoms with Crippen LogP contribution in [-0.2, 0) is 12.8 Å². The Hall–Kier alpha value is -2.42. The molecule has 0 fully saturated rings. The minimum atomic E-state index is -0.431. The van der Waals surface area contributed by atoms with Gasteiger partial charge in [-0.05, 0) is 74.3 Å². The molecule has 3 aromatic rings. The van der Waals surface area contributed by atoms with Crippen molar-refractivity contribution in [1.29, 1.82) is 5.26 Å². The highest BCUT2D eigenvalue weighted by molar-refractivity contribution is 7.16. The number of hydrogen-bond donors (Lipinski definition) is 0. The molecule has 6 heteroatoms. The average Bonchev–Trinajstić information content (AvgIpc) is 3.23. The monoisotopic (exact) mass is 467 g/mol. The van der Waals surface area contributed by atoms with E-state index in [4.69, 9.17) is 16.6 Å². The van der Waals surface area contributed by atoms with Gasteiger partial charge < -0.3 is 4.57 Å². The zero-order chi connectivity index (χ0) is 23.2. The first-order valence-electron chi connectivity index (χ1n) is 10.8. The van der Waals surface area contributed by atoms with Crippen LogP contribution in [0.5, 0.6) is 0 Å². The summed E-state index contributed by atoms with van der Waals surface area (Å²) in [6.45, 7) is 10.9. The van der Waals surface area contributed by atoms with Gasteiger partial charge in [0.15, 0.2) is 0 Å². The van der Waals surface area contributed by atoms with Crippen LogP contribution in [-0.4, -0.2) is 10.8 Å². The Morgan fingerprint density at radius 2 is 2.03 bits per heavy atom. The van der Waals surface area contributed by atoms with Gasteiger partial charge in [-0.1, -0.05) is 32.4 Å². The summed E-state index contributed by atoms with van der Waals surface area (Å²) < 4.78 is 15.6. The van der Waals surface area contributed by atoms with Gasteiger partial charge in [-0.2, -0.15) is 5.26 Å². The Labute approximate surface area is 198 Å². The summed E-state index contributed by atoms with van der Waals surface area (Å²) in [5, 5.41) is 10.7. The minimum Gasteiger partial charge on any atom is -0.318 e. The summed E-state index contributed by atoms with van der Waals surface area (Å²) in [5.41, 5.74) is 5.95. The molecule has 0 aliphatic heterocycles. The first-order valence-corrected chi connectivity index (χ1v) is 12.0. The lowest BCUT2D eigenvalue weighted by Gasteiger charge is -2.33. The van der Waals surface area contributed by atoms with Crippen molar-refractivity contribution in [3.8, 4) is 11.8 Å². The van der Waals surface area contributed by atoms with E-state index >= 15 is 0 Å². The van der Waals surface area contributed by atoms with E-state index in [1.54, 1.807) is 23.5 Å². The van der Waals surface area contributed by atoms with E-state index in [2.05, 4.69) is 26.8 Å². The topological polar surface area (TPSA) is 41.1 Å². The molecule has 0 saturated carbocycles. The third-order valence-corrected chi connectivity index (χ3v) is 7.99. The Bertz CT molecular complexity index is 1250. The molecule has 0 N–H and O–H groups in total. The van der Waals surface area contributed by atoms with Crippen molar-refractivity contribution in [2.24, 2.45) is 16.3 Å². The van der Waals surface area contributed by atoms with Crippen molar-refractivity contribution in [3.63, 3.8) is 0 Å². The van der Waals surface area contributed by atoms with Gasteiger partial charge in [-0.3, -0.25) is 0 Å². The van der Waals surface area contributed by atoms with Crippen molar-refractivity contribution in [2.45, 2.75) is 53.9 Å². The van der Waals surface area contributed by atoms with E-state index in [1.165, 1.54) is 16.5 Å². The second kappa shape index (κ2) is 8.50. The van der Waals surface area contributed by atoms with Crippen LogP contribution in [0.25, 0.3) is 5.69 Å². The predicted octanol–water partition coefficient (Wildman–Crippen LogP) is 7.72. The molecular weight excluding hydrogens is 441 g/mol.